The number of aliphatic hydroxyl groups excluding tert-OH is 1. The summed E-state index contributed by atoms with van der Waals surface area (Å²) in [5.41, 5.74) is 0. The van der Waals surface area contributed by atoms with Crippen molar-refractivity contribution in [2.75, 3.05) is 13.2 Å². The minimum atomic E-state index is -0.776. The zero-order chi connectivity index (χ0) is 10.3. The predicted molar refractivity (Wildman–Crippen MR) is 50.6 cm³/mol. The molecule has 2 unspecified atom stereocenters. The summed E-state index contributed by atoms with van der Waals surface area (Å²) in [4.78, 5) is 10.4. The van der Waals surface area contributed by atoms with Gasteiger partial charge in [0.15, 0.2) is 0 Å². The number of aliphatic hydroxyl groups is 1. The molecule has 0 fully saturated rings. The van der Waals surface area contributed by atoms with E-state index < -0.39 is 5.97 Å². The van der Waals surface area contributed by atoms with Crippen molar-refractivity contribution in [3.63, 3.8) is 0 Å². The largest absolute Gasteiger partial charge is 0.481 e. The molecule has 2 atom stereocenters. The Morgan fingerprint density at radius 1 is 1.46 bits per heavy atom. The van der Waals surface area contributed by atoms with Crippen LogP contribution in [-0.4, -0.2) is 35.4 Å². The van der Waals surface area contributed by atoms with Gasteiger partial charge in [-0.3, -0.25) is 4.79 Å². The Morgan fingerprint density at radius 2 is 2.08 bits per heavy atom. The Bertz CT molecular complexity index is 150. The fourth-order valence-electron chi connectivity index (χ4n) is 0.965. The van der Waals surface area contributed by atoms with Gasteiger partial charge in [-0.05, 0) is 19.8 Å². The molecule has 0 amide bonds. The van der Waals surface area contributed by atoms with Gasteiger partial charge in [-0.15, -0.1) is 0 Å². The summed E-state index contributed by atoms with van der Waals surface area (Å²) in [6.07, 6.45) is 1.64. The van der Waals surface area contributed by atoms with Crippen molar-refractivity contribution in [1.82, 2.24) is 5.32 Å². The first kappa shape index (κ1) is 12.4. The summed E-state index contributed by atoms with van der Waals surface area (Å²) in [5, 5.41) is 20.3. The van der Waals surface area contributed by atoms with Crippen molar-refractivity contribution in [1.29, 1.82) is 0 Å². The lowest BCUT2D eigenvalue weighted by Crippen LogP contribution is -2.33. The molecule has 0 aliphatic heterocycles. The molecular weight excluding hydrogens is 170 g/mol. The van der Waals surface area contributed by atoms with Gasteiger partial charge in [0.1, 0.15) is 0 Å². The molecule has 0 aromatic heterocycles. The minimum absolute atomic E-state index is 0.195. The van der Waals surface area contributed by atoms with E-state index in [0.717, 1.165) is 12.8 Å². The van der Waals surface area contributed by atoms with E-state index in [4.69, 9.17) is 10.2 Å². The Labute approximate surface area is 79.0 Å². The molecule has 4 heteroatoms. The molecule has 0 saturated carbocycles. The van der Waals surface area contributed by atoms with Crippen molar-refractivity contribution >= 4 is 5.97 Å². The third-order valence-electron chi connectivity index (χ3n) is 1.99. The highest BCUT2D eigenvalue weighted by atomic mass is 16.4. The van der Waals surface area contributed by atoms with Gasteiger partial charge in [0.2, 0.25) is 0 Å². The Kier molecular flexibility index (Phi) is 6.54. The highest BCUT2D eigenvalue weighted by Gasteiger charge is 2.11. The van der Waals surface area contributed by atoms with Gasteiger partial charge in [-0.25, -0.2) is 0 Å². The van der Waals surface area contributed by atoms with E-state index in [9.17, 15) is 4.79 Å². The Morgan fingerprint density at radius 3 is 2.54 bits per heavy atom. The van der Waals surface area contributed by atoms with Crippen LogP contribution in [0.15, 0.2) is 0 Å². The summed E-state index contributed by atoms with van der Waals surface area (Å²) in [5.74, 6) is -1.13. The van der Waals surface area contributed by atoms with Crippen LogP contribution < -0.4 is 5.32 Å². The maximum absolute atomic E-state index is 10.4. The lowest BCUT2D eigenvalue weighted by Gasteiger charge is -2.14. The van der Waals surface area contributed by atoms with E-state index in [0.29, 0.717) is 6.54 Å². The smallest absolute Gasteiger partial charge is 0.307 e. The zero-order valence-corrected chi connectivity index (χ0v) is 8.29. The molecule has 0 aliphatic rings. The molecule has 78 valence electrons. The second kappa shape index (κ2) is 6.86. The number of carboxylic acid groups (broad SMARTS) is 1. The maximum atomic E-state index is 10.4. The lowest BCUT2D eigenvalue weighted by molar-refractivity contribution is -0.140. The highest BCUT2D eigenvalue weighted by molar-refractivity contribution is 5.69. The molecule has 0 aromatic rings. The third kappa shape index (κ3) is 6.54. The van der Waals surface area contributed by atoms with Crippen molar-refractivity contribution in [3.8, 4) is 0 Å². The van der Waals surface area contributed by atoms with E-state index in [1.807, 2.05) is 6.92 Å². The van der Waals surface area contributed by atoms with Crippen molar-refractivity contribution in [2.45, 2.75) is 32.7 Å². The van der Waals surface area contributed by atoms with Crippen LogP contribution in [0.2, 0.25) is 0 Å². The standard InChI is InChI=1S/C9H19NO3/c1-7(9(12)13)6-10-8(2)4-3-5-11/h7-8,10-11H,3-6H2,1-2H3,(H,12,13). The number of nitrogens with one attached hydrogen (secondary N) is 1. The first-order valence-corrected chi connectivity index (χ1v) is 4.65. The number of hydrogen-bond acceptors (Lipinski definition) is 3. The van der Waals surface area contributed by atoms with Crippen molar-refractivity contribution in [3.05, 3.63) is 0 Å². The van der Waals surface area contributed by atoms with Crippen LogP contribution in [-0.2, 0) is 4.79 Å². The van der Waals surface area contributed by atoms with Gasteiger partial charge in [0, 0.05) is 19.2 Å². The number of carboxylic acids is 1. The van der Waals surface area contributed by atoms with Gasteiger partial charge < -0.3 is 15.5 Å². The van der Waals surface area contributed by atoms with Crippen molar-refractivity contribution < 1.29 is 15.0 Å². The number of carbonyl (C=O) groups is 1. The zero-order valence-electron chi connectivity index (χ0n) is 8.29. The first-order valence-electron chi connectivity index (χ1n) is 4.65. The van der Waals surface area contributed by atoms with E-state index in [2.05, 4.69) is 5.32 Å². The van der Waals surface area contributed by atoms with Gasteiger partial charge in [0.25, 0.3) is 0 Å². The quantitative estimate of drug-likeness (QED) is 0.544. The molecule has 0 aliphatic carbocycles. The fraction of sp³-hybridized carbons (Fsp3) is 0.889. The molecule has 4 nitrogen and oxygen atoms in total. The molecule has 3 N–H and O–H groups in total. The molecular formula is C9H19NO3. The molecule has 0 rings (SSSR count). The summed E-state index contributed by atoms with van der Waals surface area (Å²) in [6, 6.07) is 0.272. The molecule has 0 spiro atoms. The van der Waals surface area contributed by atoms with Crippen molar-refractivity contribution in [2.24, 2.45) is 5.92 Å². The van der Waals surface area contributed by atoms with Crippen LogP contribution in [0.3, 0.4) is 0 Å². The maximum Gasteiger partial charge on any atom is 0.307 e. The molecule has 13 heavy (non-hydrogen) atoms. The second-order valence-electron chi connectivity index (χ2n) is 3.41. The van der Waals surface area contributed by atoms with Crippen LogP contribution in [0.4, 0.5) is 0 Å². The lowest BCUT2D eigenvalue weighted by atomic mass is 10.1. The third-order valence-corrected chi connectivity index (χ3v) is 1.99. The van der Waals surface area contributed by atoms with Crippen LogP contribution in [0, 0.1) is 5.92 Å². The minimum Gasteiger partial charge on any atom is -0.481 e. The first-order chi connectivity index (χ1) is 6.07. The molecule has 0 bridgehead atoms. The number of aliphatic carboxylic acids is 1. The monoisotopic (exact) mass is 189 g/mol. The van der Waals surface area contributed by atoms with Crippen LogP contribution in [0.1, 0.15) is 26.7 Å². The highest BCUT2D eigenvalue weighted by Crippen LogP contribution is 1.98. The van der Waals surface area contributed by atoms with E-state index in [1.54, 1.807) is 6.92 Å². The topological polar surface area (TPSA) is 69.6 Å². The fourth-order valence-corrected chi connectivity index (χ4v) is 0.965. The van der Waals surface area contributed by atoms with E-state index in [-0.39, 0.29) is 18.6 Å². The van der Waals surface area contributed by atoms with Crippen LogP contribution in [0.25, 0.3) is 0 Å². The molecule has 0 heterocycles. The number of hydrogen-bond donors (Lipinski definition) is 3. The van der Waals surface area contributed by atoms with Crippen LogP contribution >= 0.6 is 0 Å². The normalized spacial score (nSPS) is 15.3. The Balaban J connectivity index is 3.45. The van der Waals surface area contributed by atoms with Gasteiger partial charge in [-0.1, -0.05) is 6.92 Å². The summed E-state index contributed by atoms with van der Waals surface area (Å²) in [6.45, 7) is 4.35. The molecule has 0 radical (unpaired) electrons. The Hall–Kier alpha value is -0.610. The van der Waals surface area contributed by atoms with E-state index in [1.165, 1.54) is 0 Å². The second-order valence-corrected chi connectivity index (χ2v) is 3.41. The summed E-state index contributed by atoms with van der Waals surface area (Å²) >= 11 is 0. The van der Waals surface area contributed by atoms with Gasteiger partial charge in [-0.2, -0.15) is 0 Å². The average Bonchev–Trinajstić information content (AvgIpc) is 2.10. The predicted octanol–water partition coefficient (Wildman–Crippen LogP) is 0.458. The van der Waals surface area contributed by atoms with Crippen LogP contribution in [0.5, 0.6) is 0 Å². The van der Waals surface area contributed by atoms with E-state index >= 15 is 0 Å². The average molecular weight is 189 g/mol. The SMILES string of the molecule is CC(CCCO)NCC(C)C(=O)O. The van der Waals surface area contributed by atoms with Gasteiger partial charge >= 0.3 is 5.97 Å². The molecule has 0 aromatic carbocycles. The van der Waals surface area contributed by atoms with Gasteiger partial charge in [0.05, 0.1) is 5.92 Å². The summed E-state index contributed by atoms with van der Waals surface area (Å²) in [7, 11) is 0. The summed E-state index contributed by atoms with van der Waals surface area (Å²) < 4.78 is 0. The molecule has 0 saturated heterocycles. The number of rotatable bonds is 7.